The van der Waals surface area contributed by atoms with Crippen LogP contribution in [0.4, 0.5) is 0 Å². The monoisotopic (exact) mass is 299 g/mol. The van der Waals surface area contributed by atoms with Gasteiger partial charge in [-0.1, -0.05) is 0 Å². The average Bonchev–Trinajstić information content (AvgIpc) is 2.37. The van der Waals surface area contributed by atoms with Gasteiger partial charge in [0.2, 0.25) is 0 Å². The maximum absolute atomic E-state index is 12.0. The molecule has 0 aromatic heterocycles. The first-order valence-electron chi connectivity index (χ1n) is 6.44. The van der Waals surface area contributed by atoms with Crippen molar-refractivity contribution >= 4 is 15.6 Å². The Labute approximate surface area is 120 Å². The fourth-order valence-corrected chi connectivity index (χ4v) is 2.28. The third kappa shape index (κ3) is 6.16. The summed E-state index contributed by atoms with van der Waals surface area (Å²) in [6.45, 7) is 3.03. The van der Waals surface area contributed by atoms with Crippen LogP contribution >= 0.6 is 0 Å². The van der Waals surface area contributed by atoms with E-state index in [4.69, 9.17) is 4.74 Å². The predicted molar refractivity (Wildman–Crippen MR) is 79.1 cm³/mol. The minimum absolute atomic E-state index is 0.0379. The Morgan fingerprint density at radius 2 is 1.85 bits per heavy atom. The van der Waals surface area contributed by atoms with Crippen LogP contribution in [0.5, 0.6) is 5.75 Å². The van der Waals surface area contributed by atoms with Crippen LogP contribution in [0, 0.1) is 0 Å². The lowest BCUT2D eigenvalue weighted by molar-refractivity contribution is 0.0949. The van der Waals surface area contributed by atoms with Crippen LogP contribution in [-0.2, 0) is 9.84 Å². The highest BCUT2D eigenvalue weighted by Gasteiger charge is 2.11. The number of hydrogen-bond donors (Lipinski definition) is 0. The van der Waals surface area contributed by atoms with E-state index in [1.54, 1.807) is 36.2 Å². The SMILES string of the molecule is CCOc1ccc(C(=O)CN(C)CCS(C)(=O)=O)cc1. The molecule has 5 nitrogen and oxygen atoms in total. The second-order valence-corrected chi connectivity index (χ2v) is 7.01. The molecule has 0 aliphatic carbocycles. The molecule has 1 rings (SSSR count). The molecule has 1 aromatic rings. The minimum Gasteiger partial charge on any atom is -0.494 e. The number of likely N-dealkylation sites (N-methyl/N-ethyl adjacent to an activating group) is 1. The van der Waals surface area contributed by atoms with Gasteiger partial charge >= 0.3 is 0 Å². The second kappa shape index (κ2) is 7.40. The number of sulfone groups is 1. The fourth-order valence-electron chi connectivity index (χ4n) is 1.64. The molecule has 0 aliphatic heterocycles. The summed E-state index contributed by atoms with van der Waals surface area (Å²) < 4.78 is 27.4. The number of nitrogens with zero attached hydrogens (tertiary/aromatic N) is 1. The van der Waals surface area contributed by atoms with E-state index in [0.717, 1.165) is 5.75 Å². The van der Waals surface area contributed by atoms with Gasteiger partial charge in [0.1, 0.15) is 15.6 Å². The number of hydrogen-bond acceptors (Lipinski definition) is 5. The number of rotatable bonds is 8. The van der Waals surface area contributed by atoms with Crippen molar-refractivity contribution in [2.75, 3.05) is 38.8 Å². The highest BCUT2D eigenvalue weighted by molar-refractivity contribution is 7.90. The van der Waals surface area contributed by atoms with E-state index < -0.39 is 9.84 Å². The highest BCUT2D eigenvalue weighted by atomic mass is 32.2. The van der Waals surface area contributed by atoms with Gasteiger partial charge < -0.3 is 4.74 Å². The van der Waals surface area contributed by atoms with Crippen molar-refractivity contribution in [3.63, 3.8) is 0 Å². The Morgan fingerprint density at radius 1 is 1.25 bits per heavy atom. The molecule has 1 aromatic carbocycles. The van der Waals surface area contributed by atoms with E-state index >= 15 is 0 Å². The molecule has 0 spiro atoms. The van der Waals surface area contributed by atoms with Crippen LogP contribution in [0.2, 0.25) is 0 Å². The third-order valence-corrected chi connectivity index (χ3v) is 3.67. The summed E-state index contributed by atoms with van der Waals surface area (Å²) in [7, 11) is -1.27. The molecular weight excluding hydrogens is 278 g/mol. The van der Waals surface area contributed by atoms with Crippen molar-refractivity contribution in [3.8, 4) is 5.75 Å². The zero-order valence-corrected chi connectivity index (χ0v) is 12.9. The normalized spacial score (nSPS) is 11.6. The number of ketones is 1. The van der Waals surface area contributed by atoms with Crippen LogP contribution in [0.1, 0.15) is 17.3 Å². The molecule has 0 saturated carbocycles. The number of Topliss-reactive ketones (excluding diaryl/α,β-unsaturated/α-hetero) is 1. The quantitative estimate of drug-likeness (QED) is 0.676. The van der Waals surface area contributed by atoms with Gasteiger partial charge in [-0.25, -0.2) is 8.42 Å². The average molecular weight is 299 g/mol. The first-order chi connectivity index (χ1) is 9.31. The van der Waals surface area contributed by atoms with Crippen LogP contribution < -0.4 is 4.74 Å². The summed E-state index contributed by atoms with van der Waals surface area (Å²) in [5.74, 6) is 0.749. The summed E-state index contributed by atoms with van der Waals surface area (Å²) in [5.41, 5.74) is 0.597. The van der Waals surface area contributed by atoms with E-state index in [0.29, 0.717) is 18.7 Å². The van der Waals surface area contributed by atoms with Crippen molar-refractivity contribution in [2.24, 2.45) is 0 Å². The van der Waals surface area contributed by atoms with Gasteiger partial charge in [0, 0.05) is 18.4 Å². The van der Waals surface area contributed by atoms with E-state index in [1.807, 2.05) is 6.92 Å². The van der Waals surface area contributed by atoms with Gasteiger partial charge in [-0.2, -0.15) is 0 Å². The predicted octanol–water partition coefficient (Wildman–Crippen LogP) is 1.24. The highest BCUT2D eigenvalue weighted by Crippen LogP contribution is 2.12. The molecule has 0 unspecified atom stereocenters. The van der Waals surface area contributed by atoms with Gasteiger partial charge in [-0.15, -0.1) is 0 Å². The van der Waals surface area contributed by atoms with Crippen molar-refractivity contribution in [2.45, 2.75) is 6.92 Å². The van der Waals surface area contributed by atoms with E-state index in [1.165, 1.54) is 6.26 Å². The van der Waals surface area contributed by atoms with Crippen molar-refractivity contribution < 1.29 is 17.9 Å². The van der Waals surface area contributed by atoms with Gasteiger partial charge in [-0.3, -0.25) is 9.69 Å². The van der Waals surface area contributed by atoms with Gasteiger partial charge in [0.25, 0.3) is 0 Å². The zero-order chi connectivity index (χ0) is 15.2. The summed E-state index contributed by atoms with van der Waals surface area (Å²) in [6, 6.07) is 6.95. The van der Waals surface area contributed by atoms with Crippen LogP contribution in [0.3, 0.4) is 0 Å². The standard InChI is InChI=1S/C14H21NO4S/c1-4-19-13-7-5-12(6-8-13)14(16)11-15(2)9-10-20(3,17)18/h5-8H,4,9-11H2,1-3H3. The molecular formula is C14H21NO4S. The van der Waals surface area contributed by atoms with Crippen LogP contribution in [-0.4, -0.2) is 57.9 Å². The molecule has 20 heavy (non-hydrogen) atoms. The Balaban J connectivity index is 2.53. The summed E-state index contributed by atoms with van der Waals surface area (Å²) in [4.78, 5) is 13.7. The van der Waals surface area contributed by atoms with E-state index in [-0.39, 0.29) is 18.1 Å². The number of benzene rings is 1. The minimum atomic E-state index is -3.00. The van der Waals surface area contributed by atoms with E-state index in [9.17, 15) is 13.2 Å². The van der Waals surface area contributed by atoms with Crippen LogP contribution in [0.25, 0.3) is 0 Å². The molecule has 0 saturated heterocycles. The molecule has 0 amide bonds. The molecule has 0 bridgehead atoms. The topological polar surface area (TPSA) is 63.7 Å². The lowest BCUT2D eigenvalue weighted by atomic mass is 10.1. The molecule has 0 fully saturated rings. The van der Waals surface area contributed by atoms with Gasteiger partial charge in [-0.05, 0) is 38.2 Å². The maximum Gasteiger partial charge on any atom is 0.176 e. The molecule has 0 atom stereocenters. The maximum atomic E-state index is 12.0. The van der Waals surface area contributed by atoms with Crippen molar-refractivity contribution in [1.29, 1.82) is 0 Å². The first kappa shape index (κ1) is 16.7. The first-order valence-corrected chi connectivity index (χ1v) is 8.50. The Kier molecular flexibility index (Phi) is 6.16. The van der Waals surface area contributed by atoms with Gasteiger partial charge in [0.15, 0.2) is 5.78 Å². The third-order valence-electron chi connectivity index (χ3n) is 2.74. The summed E-state index contributed by atoms with van der Waals surface area (Å²) in [6.07, 6.45) is 1.19. The molecule has 0 N–H and O–H groups in total. The summed E-state index contributed by atoms with van der Waals surface area (Å²) in [5, 5.41) is 0. The van der Waals surface area contributed by atoms with E-state index in [2.05, 4.69) is 0 Å². The smallest absolute Gasteiger partial charge is 0.176 e. The fraction of sp³-hybridized carbons (Fsp3) is 0.500. The van der Waals surface area contributed by atoms with Crippen molar-refractivity contribution in [1.82, 2.24) is 4.90 Å². The van der Waals surface area contributed by atoms with Crippen molar-refractivity contribution in [3.05, 3.63) is 29.8 Å². The number of carbonyl (C=O) groups is 1. The second-order valence-electron chi connectivity index (χ2n) is 4.75. The molecule has 0 radical (unpaired) electrons. The Morgan fingerprint density at radius 3 is 2.35 bits per heavy atom. The Hall–Kier alpha value is -1.40. The van der Waals surface area contributed by atoms with Gasteiger partial charge in [0.05, 0.1) is 18.9 Å². The largest absolute Gasteiger partial charge is 0.494 e. The number of carbonyl (C=O) groups excluding carboxylic acids is 1. The molecule has 0 aliphatic rings. The molecule has 112 valence electrons. The van der Waals surface area contributed by atoms with Crippen LogP contribution in [0.15, 0.2) is 24.3 Å². The molecule has 6 heteroatoms. The Bertz CT molecular complexity index is 537. The summed E-state index contributed by atoms with van der Waals surface area (Å²) >= 11 is 0. The molecule has 0 heterocycles. The lowest BCUT2D eigenvalue weighted by Gasteiger charge is -2.15. The number of ether oxygens (including phenoxy) is 1. The lowest BCUT2D eigenvalue weighted by Crippen LogP contribution is -2.30. The zero-order valence-electron chi connectivity index (χ0n) is 12.1.